The summed E-state index contributed by atoms with van der Waals surface area (Å²) in [5.41, 5.74) is 2.61. The van der Waals surface area contributed by atoms with Gasteiger partial charge in [-0.3, -0.25) is 0 Å². The Kier molecular flexibility index (Phi) is 4.91. The first-order valence-corrected chi connectivity index (χ1v) is 7.49. The van der Waals surface area contributed by atoms with Crippen LogP contribution in [-0.2, 0) is 0 Å². The monoisotopic (exact) mass is 324 g/mol. The second-order valence-corrected chi connectivity index (χ2v) is 5.64. The standard InChI is InChI=1S/C15H18Cl2N4/c1-5-18-14-9(3)15(20-10(4)19-14)21-13-7-11(16)8(2)6-12(13)17/h6-7H,5H2,1-4H3,(H2,18,19,20,21). The van der Waals surface area contributed by atoms with Gasteiger partial charge in [0.05, 0.1) is 10.7 Å². The van der Waals surface area contributed by atoms with Crippen molar-refractivity contribution < 1.29 is 0 Å². The van der Waals surface area contributed by atoms with Crippen LogP contribution in [-0.4, -0.2) is 16.5 Å². The lowest BCUT2D eigenvalue weighted by molar-refractivity contribution is 1.02. The second kappa shape index (κ2) is 6.50. The van der Waals surface area contributed by atoms with E-state index in [1.54, 1.807) is 0 Å². The molecule has 1 heterocycles. The predicted octanol–water partition coefficient (Wildman–Crippen LogP) is 4.88. The van der Waals surface area contributed by atoms with E-state index in [1.807, 2.05) is 39.8 Å². The van der Waals surface area contributed by atoms with Crippen molar-refractivity contribution in [2.24, 2.45) is 0 Å². The van der Waals surface area contributed by atoms with Crippen molar-refractivity contribution in [3.8, 4) is 0 Å². The van der Waals surface area contributed by atoms with E-state index in [0.29, 0.717) is 15.9 Å². The first-order chi connectivity index (χ1) is 9.92. The molecule has 2 rings (SSSR count). The molecule has 0 spiro atoms. The Morgan fingerprint density at radius 2 is 1.67 bits per heavy atom. The van der Waals surface area contributed by atoms with Crippen LogP contribution in [0.2, 0.25) is 10.0 Å². The van der Waals surface area contributed by atoms with Gasteiger partial charge in [0.2, 0.25) is 0 Å². The van der Waals surface area contributed by atoms with Crippen LogP contribution in [0.4, 0.5) is 17.3 Å². The fourth-order valence-corrected chi connectivity index (χ4v) is 2.39. The summed E-state index contributed by atoms with van der Waals surface area (Å²) in [6, 6.07) is 3.64. The van der Waals surface area contributed by atoms with Crippen LogP contribution in [0.25, 0.3) is 0 Å². The van der Waals surface area contributed by atoms with Crippen molar-refractivity contribution in [3.63, 3.8) is 0 Å². The normalized spacial score (nSPS) is 10.6. The Morgan fingerprint density at radius 1 is 1.00 bits per heavy atom. The summed E-state index contributed by atoms with van der Waals surface area (Å²) in [7, 11) is 0. The molecule has 0 radical (unpaired) electrons. The second-order valence-electron chi connectivity index (χ2n) is 4.83. The molecule has 1 aromatic carbocycles. The molecule has 6 heteroatoms. The third-order valence-corrected chi connectivity index (χ3v) is 3.82. The van der Waals surface area contributed by atoms with Crippen LogP contribution < -0.4 is 10.6 Å². The topological polar surface area (TPSA) is 49.8 Å². The molecular formula is C15H18Cl2N4. The maximum Gasteiger partial charge on any atom is 0.139 e. The fourth-order valence-electron chi connectivity index (χ4n) is 1.96. The van der Waals surface area contributed by atoms with E-state index in [0.717, 1.165) is 35.0 Å². The SMILES string of the molecule is CCNc1nc(C)nc(Nc2cc(Cl)c(C)cc2Cl)c1C. The van der Waals surface area contributed by atoms with E-state index in [-0.39, 0.29) is 0 Å². The molecule has 0 saturated heterocycles. The summed E-state index contributed by atoms with van der Waals surface area (Å²) < 4.78 is 0. The van der Waals surface area contributed by atoms with Gasteiger partial charge in [-0.1, -0.05) is 23.2 Å². The number of aromatic nitrogens is 2. The maximum absolute atomic E-state index is 6.26. The van der Waals surface area contributed by atoms with E-state index in [9.17, 15) is 0 Å². The van der Waals surface area contributed by atoms with Crippen LogP contribution in [0.15, 0.2) is 12.1 Å². The Hall–Kier alpha value is -1.52. The van der Waals surface area contributed by atoms with Gasteiger partial charge in [-0.2, -0.15) is 0 Å². The molecule has 21 heavy (non-hydrogen) atoms. The highest BCUT2D eigenvalue weighted by Gasteiger charge is 2.11. The Morgan fingerprint density at radius 3 is 2.33 bits per heavy atom. The molecule has 0 aliphatic rings. The third-order valence-electron chi connectivity index (χ3n) is 3.10. The van der Waals surface area contributed by atoms with Gasteiger partial charge in [0.15, 0.2) is 0 Å². The molecule has 0 bridgehead atoms. The average molecular weight is 325 g/mol. The van der Waals surface area contributed by atoms with Gasteiger partial charge >= 0.3 is 0 Å². The molecule has 1 aromatic heterocycles. The summed E-state index contributed by atoms with van der Waals surface area (Å²) in [5, 5.41) is 7.74. The summed E-state index contributed by atoms with van der Waals surface area (Å²) in [6.07, 6.45) is 0. The highest BCUT2D eigenvalue weighted by Crippen LogP contribution is 2.32. The average Bonchev–Trinajstić information content (AvgIpc) is 2.41. The summed E-state index contributed by atoms with van der Waals surface area (Å²) >= 11 is 12.4. The first kappa shape index (κ1) is 15.9. The van der Waals surface area contributed by atoms with Crippen molar-refractivity contribution in [1.82, 2.24) is 9.97 Å². The van der Waals surface area contributed by atoms with Gasteiger partial charge < -0.3 is 10.6 Å². The van der Waals surface area contributed by atoms with E-state index in [1.165, 1.54) is 0 Å². The van der Waals surface area contributed by atoms with Crippen molar-refractivity contribution in [2.45, 2.75) is 27.7 Å². The predicted molar refractivity (Wildman–Crippen MR) is 90.2 cm³/mol. The molecule has 0 aliphatic carbocycles. The third kappa shape index (κ3) is 3.57. The molecule has 0 amide bonds. The van der Waals surface area contributed by atoms with E-state index in [4.69, 9.17) is 23.2 Å². The molecule has 112 valence electrons. The fraction of sp³-hybridized carbons (Fsp3) is 0.333. The first-order valence-electron chi connectivity index (χ1n) is 6.74. The molecule has 0 saturated carbocycles. The Balaban J connectivity index is 2.42. The molecule has 0 atom stereocenters. The number of anilines is 3. The van der Waals surface area contributed by atoms with E-state index < -0.39 is 0 Å². The number of hydrogen-bond donors (Lipinski definition) is 2. The highest BCUT2D eigenvalue weighted by atomic mass is 35.5. The maximum atomic E-state index is 6.26. The van der Waals surface area contributed by atoms with Gasteiger partial charge in [-0.15, -0.1) is 0 Å². The minimum Gasteiger partial charge on any atom is -0.370 e. The van der Waals surface area contributed by atoms with Gasteiger partial charge in [-0.05, 0) is 45.4 Å². The lowest BCUT2D eigenvalue weighted by Crippen LogP contribution is -2.08. The zero-order chi connectivity index (χ0) is 15.6. The number of nitrogens with zero attached hydrogens (tertiary/aromatic N) is 2. The Labute approximate surface area is 134 Å². The zero-order valence-electron chi connectivity index (χ0n) is 12.5. The number of hydrogen-bond acceptors (Lipinski definition) is 4. The lowest BCUT2D eigenvalue weighted by atomic mass is 10.2. The van der Waals surface area contributed by atoms with Crippen LogP contribution in [0.1, 0.15) is 23.9 Å². The van der Waals surface area contributed by atoms with Crippen molar-refractivity contribution in [2.75, 3.05) is 17.2 Å². The Bertz CT molecular complexity index is 671. The molecular weight excluding hydrogens is 307 g/mol. The smallest absolute Gasteiger partial charge is 0.139 e. The highest BCUT2D eigenvalue weighted by molar-refractivity contribution is 6.35. The van der Waals surface area contributed by atoms with Crippen LogP contribution in [0, 0.1) is 20.8 Å². The van der Waals surface area contributed by atoms with E-state index in [2.05, 4.69) is 20.6 Å². The van der Waals surface area contributed by atoms with Gasteiger partial charge in [-0.25, -0.2) is 9.97 Å². The molecule has 2 aromatic rings. The lowest BCUT2D eigenvalue weighted by Gasteiger charge is -2.15. The van der Waals surface area contributed by atoms with Crippen LogP contribution in [0.5, 0.6) is 0 Å². The summed E-state index contributed by atoms with van der Waals surface area (Å²) in [5.74, 6) is 2.23. The van der Waals surface area contributed by atoms with Crippen molar-refractivity contribution in [3.05, 3.63) is 39.1 Å². The molecule has 4 nitrogen and oxygen atoms in total. The quantitative estimate of drug-likeness (QED) is 0.841. The number of rotatable bonds is 4. The minimum absolute atomic E-state index is 0.609. The summed E-state index contributed by atoms with van der Waals surface area (Å²) in [4.78, 5) is 8.84. The number of benzene rings is 1. The molecule has 0 unspecified atom stereocenters. The molecule has 0 fully saturated rings. The van der Waals surface area contributed by atoms with Crippen molar-refractivity contribution >= 4 is 40.5 Å². The van der Waals surface area contributed by atoms with Crippen LogP contribution >= 0.6 is 23.2 Å². The van der Waals surface area contributed by atoms with Crippen molar-refractivity contribution in [1.29, 1.82) is 0 Å². The zero-order valence-corrected chi connectivity index (χ0v) is 14.0. The van der Waals surface area contributed by atoms with Crippen LogP contribution in [0.3, 0.4) is 0 Å². The number of aryl methyl sites for hydroxylation is 2. The van der Waals surface area contributed by atoms with Gasteiger partial charge in [0.1, 0.15) is 17.5 Å². The largest absolute Gasteiger partial charge is 0.370 e. The van der Waals surface area contributed by atoms with Gasteiger partial charge in [0, 0.05) is 17.1 Å². The summed E-state index contributed by atoms with van der Waals surface area (Å²) in [6.45, 7) is 8.56. The molecule has 0 aliphatic heterocycles. The van der Waals surface area contributed by atoms with E-state index >= 15 is 0 Å². The van der Waals surface area contributed by atoms with Gasteiger partial charge in [0.25, 0.3) is 0 Å². The minimum atomic E-state index is 0.609. The number of nitrogens with one attached hydrogen (secondary N) is 2. The number of halogens is 2. The molecule has 2 N–H and O–H groups in total.